The molecule has 102 valence electrons. The average Bonchev–Trinajstić information content (AvgIpc) is 2.97. The number of ether oxygens (including phenoxy) is 1. The molecule has 0 bridgehead atoms. The molecule has 1 atom stereocenters. The number of rotatable bonds is 4. The third kappa shape index (κ3) is 2.35. The first-order valence-corrected chi connectivity index (χ1v) is 7.91. The van der Waals surface area contributed by atoms with Gasteiger partial charge in [-0.25, -0.2) is 0 Å². The van der Waals surface area contributed by atoms with Crippen molar-refractivity contribution in [2.75, 3.05) is 39.2 Å². The molecule has 2 aliphatic heterocycles. The summed E-state index contributed by atoms with van der Waals surface area (Å²) in [6.07, 6.45) is -0.0269. The molecule has 0 saturated carbocycles. The van der Waals surface area contributed by atoms with Crippen molar-refractivity contribution in [3.63, 3.8) is 0 Å². The number of carbonyl (C=O) groups is 1. The van der Waals surface area contributed by atoms with Crippen LogP contribution in [0, 0.1) is 17.2 Å². The van der Waals surface area contributed by atoms with Crippen molar-refractivity contribution in [3.8, 4) is 6.07 Å². The summed E-state index contributed by atoms with van der Waals surface area (Å²) >= 11 is 0. The zero-order valence-corrected chi connectivity index (χ0v) is 11.1. The van der Waals surface area contributed by atoms with Crippen molar-refractivity contribution in [1.82, 2.24) is 0 Å². The molecule has 18 heavy (non-hydrogen) atoms. The van der Waals surface area contributed by atoms with Gasteiger partial charge < -0.3 is 0 Å². The molecule has 2 aliphatic rings. The Morgan fingerprint density at radius 1 is 1.28 bits per heavy atom. The van der Waals surface area contributed by atoms with Crippen molar-refractivity contribution in [2.45, 2.75) is 6.92 Å². The quantitative estimate of drug-likeness (QED) is 0.559. The molecular weight excluding hydrogens is 261 g/mol. The van der Waals surface area contributed by atoms with Crippen LogP contribution in [0.2, 0.25) is 0 Å². The van der Waals surface area contributed by atoms with Crippen LogP contribution in [-0.2, 0) is 27.6 Å². The Hall–Kier alpha value is -0.770. The van der Waals surface area contributed by atoms with E-state index in [9.17, 15) is 4.79 Å². The fraction of sp³-hybridized carbons (Fsp3) is 0.800. The van der Waals surface area contributed by atoms with Crippen molar-refractivity contribution < 1.29 is 27.6 Å². The predicted octanol–water partition coefficient (Wildman–Crippen LogP) is 0.996. The van der Waals surface area contributed by atoms with E-state index in [1.807, 2.05) is 6.07 Å². The van der Waals surface area contributed by atoms with E-state index in [2.05, 4.69) is 0 Å². The van der Waals surface area contributed by atoms with Gasteiger partial charge in [-0.05, 0) is 0 Å². The van der Waals surface area contributed by atoms with Crippen LogP contribution in [0.3, 0.4) is 0 Å². The summed E-state index contributed by atoms with van der Waals surface area (Å²) in [6, 6.07) is 1.90. The van der Waals surface area contributed by atoms with Crippen LogP contribution < -0.4 is 0 Å². The van der Waals surface area contributed by atoms with Gasteiger partial charge in [0.2, 0.25) is 0 Å². The molecule has 0 N–H and O–H groups in total. The molecule has 2 saturated heterocycles. The second-order valence-electron chi connectivity index (χ2n) is 3.91. The van der Waals surface area contributed by atoms with Crippen LogP contribution in [0.4, 0.5) is 0 Å². The van der Waals surface area contributed by atoms with Gasteiger partial charge in [-0.2, -0.15) is 0 Å². The molecular formula is C10H16NO6P. The average molecular weight is 277 g/mol. The Balaban J connectivity index is 2.14. The predicted molar refractivity (Wildman–Crippen MR) is 61.3 cm³/mol. The molecule has 0 aromatic rings. The van der Waals surface area contributed by atoms with Crippen molar-refractivity contribution in [1.29, 1.82) is 5.26 Å². The third-order valence-corrected chi connectivity index (χ3v) is 6.42. The molecule has 1 spiro atoms. The monoisotopic (exact) mass is 277 g/mol. The summed E-state index contributed by atoms with van der Waals surface area (Å²) in [7, 11) is -3.70. The van der Waals surface area contributed by atoms with Gasteiger partial charge in [0.1, 0.15) is 0 Å². The van der Waals surface area contributed by atoms with E-state index in [1.54, 1.807) is 6.92 Å². The van der Waals surface area contributed by atoms with Gasteiger partial charge in [-0.15, -0.1) is 0 Å². The van der Waals surface area contributed by atoms with Crippen molar-refractivity contribution in [2.24, 2.45) is 5.92 Å². The summed E-state index contributed by atoms with van der Waals surface area (Å²) in [4.78, 5) is 11.7. The SMILES string of the molecule is CCOC(=O)C(C#N)CP12(OCCO1)OCCO2. The summed E-state index contributed by atoms with van der Waals surface area (Å²) in [5.74, 6) is -1.60. The van der Waals surface area contributed by atoms with Gasteiger partial charge in [0.15, 0.2) is 0 Å². The number of esters is 1. The molecule has 2 fully saturated rings. The van der Waals surface area contributed by atoms with Crippen LogP contribution in [0.5, 0.6) is 0 Å². The molecule has 0 radical (unpaired) electrons. The number of carbonyl (C=O) groups excluding carboxylic acids is 1. The Morgan fingerprint density at radius 3 is 2.17 bits per heavy atom. The molecule has 8 heteroatoms. The molecule has 0 aromatic heterocycles. The molecule has 1 unspecified atom stereocenters. The second kappa shape index (κ2) is 5.08. The maximum absolute atomic E-state index is 11.7. The zero-order chi connectivity index (χ0) is 13.1. The van der Waals surface area contributed by atoms with E-state index in [1.165, 1.54) is 0 Å². The third-order valence-electron chi connectivity index (χ3n) is 2.74. The minimum atomic E-state index is -3.70. The number of hydrogen-bond acceptors (Lipinski definition) is 7. The van der Waals surface area contributed by atoms with Crippen LogP contribution in [0.25, 0.3) is 0 Å². The Kier molecular flexibility index (Phi) is 3.85. The molecule has 7 nitrogen and oxygen atoms in total. The van der Waals surface area contributed by atoms with Gasteiger partial charge in [0.25, 0.3) is 0 Å². The fourth-order valence-corrected chi connectivity index (χ4v) is 5.40. The Labute approximate surface area is 105 Å². The topological polar surface area (TPSA) is 87.0 Å². The van der Waals surface area contributed by atoms with E-state index in [-0.39, 0.29) is 12.8 Å². The summed E-state index contributed by atoms with van der Waals surface area (Å²) < 4.78 is 27.1. The standard InChI is InChI=1S/C10H16NO6P/c1-2-13-10(12)9(7-11)8-18(14-3-4-15-18)16-5-6-17-18/h9H,2-6,8H2,1H3. The zero-order valence-electron chi connectivity index (χ0n) is 10.2. The molecule has 2 rings (SSSR count). The Morgan fingerprint density at radius 2 is 1.78 bits per heavy atom. The van der Waals surface area contributed by atoms with Gasteiger partial charge in [-0.3, -0.25) is 0 Å². The molecule has 0 aromatic carbocycles. The van der Waals surface area contributed by atoms with Gasteiger partial charge in [-0.1, -0.05) is 0 Å². The number of hydrogen-bond donors (Lipinski definition) is 0. The van der Waals surface area contributed by atoms with Gasteiger partial charge in [0.05, 0.1) is 0 Å². The van der Waals surface area contributed by atoms with Crippen LogP contribution in [-0.4, -0.2) is 45.2 Å². The molecule has 0 aliphatic carbocycles. The number of nitrogens with zero attached hydrogens (tertiary/aromatic N) is 1. The van der Waals surface area contributed by atoms with E-state index in [0.717, 1.165) is 0 Å². The van der Waals surface area contributed by atoms with Gasteiger partial charge in [0, 0.05) is 0 Å². The maximum atomic E-state index is 11.7. The molecule has 2 heterocycles. The van der Waals surface area contributed by atoms with E-state index >= 15 is 0 Å². The Bertz CT molecular complexity index is 346. The van der Waals surface area contributed by atoms with E-state index < -0.39 is 19.4 Å². The first kappa shape index (κ1) is 13.7. The summed E-state index contributed by atoms with van der Waals surface area (Å²) in [6.45, 7) is 3.29. The normalized spacial score (nSPS) is 28.1. The first-order valence-electron chi connectivity index (χ1n) is 5.81. The van der Waals surface area contributed by atoms with Gasteiger partial charge >= 0.3 is 104 Å². The van der Waals surface area contributed by atoms with Crippen LogP contribution in [0.1, 0.15) is 6.92 Å². The first-order chi connectivity index (χ1) is 8.63. The fourth-order valence-electron chi connectivity index (χ4n) is 2.00. The molecule has 0 amide bonds. The van der Waals surface area contributed by atoms with E-state index in [0.29, 0.717) is 26.4 Å². The minimum absolute atomic E-state index is 0.0269. The number of nitriles is 1. The van der Waals surface area contributed by atoms with E-state index in [4.69, 9.17) is 28.1 Å². The second-order valence-corrected chi connectivity index (χ2v) is 7.24. The van der Waals surface area contributed by atoms with Crippen molar-refractivity contribution >= 4 is 13.5 Å². The van der Waals surface area contributed by atoms with Crippen molar-refractivity contribution in [3.05, 3.63) is 0 Å². The van der Waals surface area contributed by atoms with Crippen LogP contribution in [0.15, 0.2) is 0 Å². The summed E-state index contributed by atoms with van der Waals surface area (Å²) in [5, 5.41) is 9.07. The van der Waals surface area contributed by atoms with Crippen LogP contribution >= 0.6 is 7.51 Å². The summed E-state index contributed by atoms with van der Waals surface area (Å²) in [5.41, 5.74) is 0.